The fourth-order valence-electron chi connectivity index (χ4n) is 2.83. The SMILES string of the molecule is COc1ccc(C2CCN(C(=O)CNC(=O)[C@@H](N)C(C)C)C2)cc1.Cl. The number of amides is 2. The summed E-state index contributed by atoms with van der Waals surface area (Å²) in [5, 5.41) is 2.64. The lowest BCUT2D eigenvalue weighted by Gasteiger charge is -2.19. The van der Waals surface area contributed by atoms with Gasteiger partial charge in [0, 0.05) is 19.0 Å². The highest BCUT2D eigenvalue weighted by Crippen LogP contribution is 2.28. The lowest BCUT2D eigenvalue weighted by atomic mass is 9.98. The summed E-state index contributed by atoms with van der Waals surface area (Å²) in [6.45, 7) is 5.16. The predicted octanol–water partition coefficient (Wildman–Crippen LogP) is 1.53. The molecule has 2 amide bonds. The zero-order chi connectivity index (χ0) is 17.7. The number of nitrogens with zero attached hydrogens (tertiary/aromatic N) is 1. The molecule has 140 valence electrons. The average molecular weight is 370 g/mol. The highest BCUT2D eigenvalue weighted by atomic mass is 35.5. The van der Waals surface area contributed by atoms with Gasteiger partial charge in [-0.2, -0.15) is 0 Å². The zero-order valence-corrected chi connectivity index (χ0v) is 15.8. The van der Waals surface area contributed by atoms with Crippen molar-refractivity contribution in [2.24, 2.45) is 11.7 Å². The Balaban J connectivity index is 0.00000312. The van der Waals surface area contributed by atoms with Crippen molar-refractivity contribution in [3.05, 3.63) is 29.8 Å². The van der Waals surface area contributed by atoms with Crippen LogP contribution >= 0.6 is 12.4 Å². The minimum atomic E-state index is -0.580. The number of benzene rings is 1. The van der Waals surface area contributed by atoms with E-state index in [2.05, 4.69) is 5.32 Å². The molecular formula is C18H28ClN3O3. The van der Waals surface area contributed by atoms with E-state index in [9.17, 15) is 9.59 Å². The number of carbonyl (C=O) groups excluding carboxylic acids is 2. The summed E-state index contributed by atoms with van der Waals surface area (Å²) in [5.41, 5.74) is 6.98. The molecule has 0 radical (unpaired) electrons. The Bertz CT molecular complexity index is 577. The van der Waals surface area contributed by atoms with Crippen LogP contribution in [0.1, 0.15) is 31.7 Å². The van der Waals surface area contributed by atoms with E-state index in [0.717, 1.165) is 12.2 Å². The fourth-order valence-corrected chi connectivity index (χ4v) is 2.83. The monoisotopic (exact) mass is 369 g/mol. The summed E-state index contributed by atoms with van der Waals surface area (Å²) in [6.07, 6.45) is 0.928. The second kappa shape index (κ2) is 9.63. The van der Waals surface area contributed by atoms with Crippen LogP contribution in [-0.4, -0.2) is 49.5 Å². The Kier molecular flexibility index (Phi) is 8.19. The fraction of sp³-hybridized carbons (Fsp3) is 0.556. The largest absolute Gasteiger partial charge is 0.497 e. The van der Waals surface area contributed by atoms with Gasteiger partial charge < -0.3 is 20.7 Å². The Morgan fingerprint density at radius 1 is 1.32 bits per heavy atom. The average Bonchev–Trinajstić information content (AvgIpc) is 3.08. The van der Waals surface area contributed by atoms with Crippen molar-refractivity contribution >= 4 is 24.2 Å². The number of ether oxygens (including phenoxy) is 1. The Morgan fingerprint density at radius 3 is 2.52 bits per heavy atom. The van der Waals surface area contributed by atoms with Crippen molar-refractivity contribution in [2.45, 2.75) is 32.2 Å². The summed E-state index contributed by atoms with van der Waals surface area (Å²) < 4.78 is 5.17. The summed E-state index contributed by atoms with van der Waals surface area (Å²) in [6, 6.07) is 7.38. The number of nitrogens with two attached hydrogens (primary N) is 1. The molecule has 3 N–H and O–H groups in total. The van der Waals surface area contributed by atoms with E-state index in [1.807, 2.05) is 38.1 Å². The molecule has 1 fully saturated rings. The topological polar surface area (TPSA) is 84.7 Å². The molecule has 1 unspecified atom stereocenters. The van der Waals surface area contributed by atoms with E-state index in [1.54, 1.807) is 12.0 Å². The van der Waals surface area contributed by atoms with Crippen molar-refractivity contribution in [3.63, 3.8) is 0 Å². The molecule has 1 heterocycles. The molecule has 1 aromatic rings. The van der Waals surface area contributed by atoms with E-state index in [0.29, 0.717) is 19.0 Å². The Hall–Kier alpha value is -1.79. The van der Waals surface area contributed by atoms with Crippen LogP contribution < -0.4 is 15.8 Å². The Labute approximate surface area is 155 Å². The van der Waals surface area contributed by atoms with Crippen LogP contribution in [0.3, 0.4) is 0 Å². The third kappa shape index (κ3) is 5.61. The number of rotatable bonds is 6. The van der Waals surface area contributed by atoms with Gasteiger partial charge in [-0.05, 0) is 30.0 Å². The first-order chi connectivity index (χ1) is 11.4. The van der Waals surface area contributed by atoms with Gasteiger partial charge in [0.15, 0.2) is 0 Å². The number of carbonyl (C=O) groups is 2. The summed E-state index contributed by atoms with van der Waals surface area (Å²) in [7, 11) is 1.64. The molecule has 1 saturated heterocycles. The van der Waals surface area contributed by atoms with Crippen LogP contribution in [0.15, 0.2) is 24.3 Å². The van der Waals surface area contributed by atoms with E-state index in [4.69, 9.17) is 10.5 Å². The third-order valence-electron chi connectivity index (χ3n) is 4.56. The molecule has 0 bridgehead atoms. The molecule has 0 saturated carbocycles. The molecule has 1 aliphatic heterocycles. The van der Waals surface area contributed by atoms with Gasteiger partial charge in [-0.1, -0.05) is 26.0 Å². The van der Waals surface area contributed by atoms with Gasteiger partial charge in [0.25, 0.3) is 0 Å². The van der Waals surface area contributed by atoms with Crippen molar-refractivity contribution in [3.8, 4) is 5.75 Å². The van der Waals surface area contributed by atoms with Crippen molar-refractivity contribution in [2.75, 3.05) is 26.7 Å². The lowest BCUT2D eigenvalue weighted by molar-refractivity contribution is -0.132. The van der Waals surface area contributed by atoms with Crippen LogP contribution in [0.5, 0.6) is 5.75 Å². The molecular weight excluding hydrogens is 342 g/mol. The zero-order valence-electron chi connectivity index (χ0n) is 15.0. The minimum absolute atomic E-state index is 0. The standard InChI is InChI=1S/C18H27N3O3.ClH/c1-12(2)17(19)18(23)20-10-16(22)21-9-8-14(11-21)13-4-6-15(24-3)7-5-13;/h4-7,12,14,17H,8-11,19H2,1-3H3,(H,20,23);1H/t14?,17-;/m0./s1. The number of hydrogen-bond acceptors (Lipinski definition) is 4. The molecule has 7 heteroatoms. The number of halogens is 1. The molecule has 0 aromatic heterocycles. The molecule has 6 nitrogen and oxygen atoms in total. The number of hydrogen-bond donors (Lipinski definition) is 2. The van der Waals surface area contributed by atoms with Gasteiger partial charge in [0.05, 0.1) is 19.7 Å². The van der Waals surface area contributed by atoms with Gasteiger partial charge in [0.2, 0.25) is 11.8 Å². The van der Waals surface area contributed by atoms with Gasteiger partial charge in [-0.15, -0.1) is 12.4 Å². The van der Waals surface area contributed by atoms with Crippen LogP contribution in [-0.2, 0) is 9.59 Å². The van der Waals surface area contributed by atoms with Crippen LogP contribution in [0.4, 0.5) is 0 Å². The highest BCUT2D eigenvalue weighted by Gasteiger charge is 2.27. The minimum Gasteiger partial charge on any atom is -0.497 e. The van der Waals surface area contributed by atoms with Gasteiger partial charge in [-0.3, -0.25) is 9.59 Å². The number of likely N-dealkylation sites (tertiary alicyclic amines) is 1. The number of methoxy groups -OCH3 is 1. The van der Waals surface area contributed by atoms with E-state index in [-0.39, 0.29) is 36.7 Å². The molecule has 0 spiro atoms. The predicted molar refractivity (Wildman–Crippen MR) is 100 cm³/mol. The quantitative estimate of drug-likeness (QED) is 0.796. The van der Waals surface area contributed by atoms with Crippen LogP contribution in [0.2, 0.25) is 0 Å². The smallest absolute Gasteiger partial charge is 0.241 e. The molecule has 0 aliphatic carbocycles. The Morgan fingerprint density at radius 2 is 1.96 bits per heavy atom. The highest BCUT2D eigenvalue weighted by molar-refractivity contribution is 5.87. The summed E-state index contributed by atoms with van der Waals surface area (Å²) in [4.78, 5) is 25.9. The second-order valence-electron chi connectivity index (χ2n) is 6.59. The molecule has 1 aliphatic rings. The van der Waals surface area contributed by atoms with Gasteiger partial charge in [-0.25, -0.2) is 0 Å². The van der Waals surface area contributed by atoms with Crippen molar-refractivity contribution < 1.29 is 14.3 Å². The van der Waals surface area contributed by atoms with E-state index < -0.39 is 6.04 Å². The first-order valence-corrected chi connectivity index (χ1v) is 8.37. The maximum Gasteiger partial charge on any atom is 0.241 e. The van der Waals surface area contributed by atoms with E-state index >= 15 is 0 Å². The maximum atomic E-state index is 12.3. The second-order valence-corrected chi connectivity index (χ2v) is 6.59. The van der Waals surface area contributed by atoms with E-state index in [1.165, 1.54) is 5.56 Å². The maximum absolute atomic E-state index is 12.3. The molecule has 2 rings (SSSR count). The van der Waals surface area contributed by atoms with Gasteiger partial charge >= 0.3 is 0 Å². The lowest BCUT2D eigenvalue weighted by Crippen LogP contribution is -2.47. The summed E-state index contributed by atoms with van der Waals surface area (Å²) in [5.74, 6) is 0.869. The first kappa shape index (κ1) is 21.3. The first-order valence-electron chi connectivity index (χ1n) is 8.37. The van der Waals surface area contributed by atoms with Crippen molar-refractivity contribution in [1.29, 1.82) is 0 Å². The summed E-state index contributed by atoms with van der Waals surface area (Å²) >= 11 is 0. The number of nitrogens with one attached hydrogen (secondary N) is 1. The van der Waals surface area contributed by atoms with Crippen LogP contribution in [0, 0.1) is 5.92 Å². The third-order valence-corrected chi connectivity index (χ3v) is 4.56. The molecule has 2 atom stereocenters. The van der Waals surface area contributed by atoms with Gasteiger partial charge in [0.1, 0.15) is 5.75 Å². The van der Waals surface area contributed by atoms with Crippen molar-refractivity contribution in [1.82, 2.24) is 10.2 Å². The van der Waals surface area contributed by atoms with Crippen LogP contribution in [0.25, 0.3) is 0 Å². The molecule has 1 aromatic carbocycles. The normalized spacial score (nSPS) is 17.8. The molecule has 25 heavy (non-hydrogen) atoms.